The predicted octanol–water partition coefficient (Wildman–Crippen LogP) is 3.87. The zero-order valence-electron chi connectivity index (χ0n) is 15.3. The van der Waals surface area contributed by atoms with Gasteiger partial charge >= 0.3 is 5.97 Å². The Hall–Kier alpha value is -1.78. The largest absolute Gasteiger partial charge is 0.464 e. The van der Waals surface area contributed by atoms with Crippen LogP contribution in [0, 0.1) is 0 Å². The van der Waals surface area contributed by atoms with Gasteiger partial charge in [-0.15, -0.1) is 0 Å². The Morgan fingerprint density at radius 3 is 2.59 bits per heavy atom. The highest BCUT2D eigenvalue weighted by atomic mass is 127. The second-order valence-corrected chi connectivity index (χ2v) is 8.43. The lowest BCUT2D eigenvalue weighted by molar-refractivity contribution is 0.0593. The van der Waals surface area contributed by atoms with Crippen molar-refractivity contribution in [3.63, 3.8) is 0 Å². The van der Waals surface area contributed by atoms with E-state index < -0.39 is 11.6 Å². The Kier molecular flexibility index (Phi) is 5.42. The van der Waals surface area contributed by atoms with Gasteiger partial charge in [0.2, 0.25) is 0 Å². The summed E-state index contributed by atoms with van der Waals surface area (Å²) in [5.74, 6) is -0.506. The van der Waals surface area contributed by atoms with E-state index in [2.05, 4.69) is 0 Å². The van der Waals surface area contributed by atoms with Crippen LogP contribution in [0.2, 0.25) is 0 Å². The number of nitrogens with zero attached hydrogens (tertiary/aromatic N) is 2. The highest BCUT2D eigenvalue weighted by Crippen LogP contribution is 2.34. The third-order valence-electron chi connectivity index (χ3n) is 4.44. The van der Waals surface area contributed by atoms with Gasteiger partial charge in [0, 0.05) is 54.5 Å². The van der Waals surface area contributed by atoms with Crippen molar-refractivity contribution in [3.05, 3.63) is 58.1 Å². The quantitative estimate of drug-likeness (QED) is 0.437. The summed E-state index contributed by atoms with van der Waals surface area (Å²) >= 11 is 2.03. The number of carbonyl (C=O) groups excluding carboxylic acids is 1. The lowest BCUT2D eigenvalue weighted by Gasteiger charge is -2.19. The number of esters is 1. The first kappa shape index (κ1) is 20.0. The summed E-state index contributed by atoms with van der Waals surface area (Å²) in [7, 11) is 4.23. The van der Waals surface area contributed by atoms with E-state index in [0.717, 1.165) is 16.7 Å². The van der Waals surface area contributed by atoms with Crippen LogP contribution in [0.3, 0.4) is 0 Å². The molecule has 142 valence electrons. The Morgan fingerprint density at radius 1 is 1.30 bits per heavy atom. The minimum atomic E-state index is -0.989. The molecule has 3 aromatic rings. The molecule has 0 aliphatic heterocycles. The van der Waals surface area contributed by atoms with Gasteiger partial charge in [-0.2, -0.15) is 0 Å². The molecule has 1 N–H and O–H groups in total. The fraction of sp³-hybridized carbons (Fsp3) is 0.263. The zero-order chi connectivity index (χ0) is 19.9. The molecule has 6 nitrogen and oxygen atoms in total. The normalized spacial score (nSPS) is 11.8. The number of fused-ring (bicyclic) bond motifs is 1. The molecule has 2 heterocycles. The number of pyridine rings is 1. The number of aromatic nitrogens is 2. The summed E-state index contributed by atoms with van der Waals surface area (Å²) in [6.45, 7) is 3.45. The van der Waals surface area contributed by atoms with Gasteiger partial charge in [-0.05, 0) is 37.1 Å². The predicted molar refractivity (Wildman–Crippen MR) is 116 cm³/mol. The first-order valence-corrected chi connectivity index (χ1v) is 11.5. The molecular formula is C19H19IN2O4S. The minimum absolute atomic E-state index is 0.202. The van der Waals surface area contributed by atoms with Crippen molar-refractivity contribution in [2.75, 3.05) is 7.11 Å². The molecule has 2 aromatic heterocycles. The van der Waals surface area contributed by atoms with E-state index in [-0.39, 0.29) is 5.56 Å². The molecule has 8 heteroatoms. The molecular weight excluding hydrogens is 479 g/mol. The summed E-state index contributed by atoms with van der Waals surface area (Å²) in [4.78, 5) is 25.0. The second kappa shape index (κ2) is 7.33. The van der Waals surface area contributed by atoms with Crippen molar-refractivity contribution in [2.24, 2.45) is 7.05 Å². The van der Waals surface area contributed by atoms with Crippen molar-refractivity contribution in [3.8, 4) is 11.1 Å². The van der Waals surface area contributed by atoms with Crippen molar-refractivity contribution < 1.29 is 14.6 Å². The number of hydrogen-bond donors (Lipinski definition) is 1. The molecule has 0 aliphatic carbocycles. The van der Waals surface area contributed by atoms with Gasteiger partial charge in [-0.25, -0.2) is 4.79 Å². The van der Waals surface area contributed by atoms with Gasteiger partial charge < -0.3 is 14.4 Å². The maximum absolute atomic E-state index is 12.8. The molecule has 27 heavy (non-hydrogen) atoms. The number of halogens is 1. The number of hydrogen-bond acceptors (Lipinski definition) is 5. The molecule has 0 radical (unpaired) electrons. The Morgan fingerprint density at radius 2 is 2.00 bits per heavy atom. The van der Waals surface area contributed by atoms with Crippen molar-refractivity contribution in [1.29, 1.82) is 0 Å². The second-order valence-electron chi connectivity index (χ2n) is 6.75. The topological polar surface area (TPSA) is 73.5 Å². The van der Waals surface area contributed by atoms with Gasteiger partial charge in [0.1, 0.15) is 11.2 Å². The summed E-state index contributed by atoms with van der Waals surface area (Å²) in [6.07, 6.45) is 1.75. The van der Waals surface area contributed by atoms with Crippen LogP contribution in [0.5, 0.6) is 0 Å². The van der Waals surface area contributed by atoms with Crippen LogP contribution in [0.25, 0.3) is 22.0 Å². The van der Waals surface area contributed by atoms with Crippen LogP contribution in [-0.2, 0) is 17.4 Å². The Balaban J connectivity index is 2.39. The monoisotopic (exact) mass is 498 g/mol. The molecule has 0 saturated heterocycles. The van der Waals surface area contributed by atoms with Gasteiger partial charge in [0.15, 0.2) is 0 Å². The number of carbonyl (C=O) groups is 1. The van der Waals surface area contributed by atoms with E-state index in [1.165, 1.54) is 20.8 Å². The first-order chi connectivity index (χ1) is 12.7. The summed E-state index contributed by atoms with van der Waals surface area (Å²) < 4.78 is 7.96. The molecule has 1 aromatic carbocycles. The smallest absolute Gasteiger partial charge is 0.355 e. The van der Waals surface area contributed by atoms with Gasteiger partial charge in [-0.1, -0.05) is 18.2 Å². The molecule has 0 saturated carbocycles. The summed E-state index contributed by atoms with van der Waals surface area (Å²) in [6, 6.07) is 9.21. The van der Waals surface area contributed by atoms with Crippen molar-refractivity contribution in [2.45, 2.75) is 19.4 Å². The fourth-order valence-electron chi connectivity index (χ4n) is 3.01. The van der Waals surface area contributed by atoms with E-state index in [1.807, 2.05) is 45.5 Å². The Bertz CT molecular complexity index is 1100. The van der Waals surface area contributed by atoms with Crippen LogP contribution in [-0.4, -0.2) is 26.7 Å². The van der Waals surface area contributed by atoms with Crippen LogP contribution in [0.15, 0.2) is 41.3 Å². The number of aliphatic hydroxyl groups is 1. The fourth-order valence-corrected chi connectivity index (χ4v) is 4.68. The summed E-state index contributed by atoms with van der Waals surface area (Å²) in [5.41, 5.74) is 1.94. The molecule has 0 atom stereocenters. The lowest BCUT2D eigenvalue weighted by atomic mass is 9.94. The standard InChI is InChI=1S/C19H19IN2O4S/c1-19(2,25)12-7-5-6-11(8-12)14-10-21(3)17(23)16-13(14)9-15(18(24)26-4)22(16)27-20/h5-10,25H,1-4H3. The SMILES string of the molecule is COC(=O)c1cc2c(-c3cccc(C(C)(C)O)c3)cn(C)c(=O)c2n1SI. The third-order valence-corrected chi connectivity index (χ3v) is 6.14. The maximum Gasteiger partial charge on any atom is 0.355 e. The van der Waals surface area contributed by atoms with Crippen molar-refractivity contribution in [1.82, 2.24) is 8.54 Å². The first-order valence-electron chi connectivity index (χ1n) is 8.14. The Labute approximate surface area is 172 Å². The molecule has 0 unspecified atom stereocenters. The number of methoxy groups -OCH3 is 1. The average Bonchev–Trinajstić information content (AvgIpc) is 3.03. The van der Waals surface area contributed by atoms with E-state index in [9.17, 15) is 14.7 Å². The van der Waals surface area contributed by atoms with Crippen LogP contribution < -0.4 is 5.56 Å². The molecule has 0 spiro atoms. The molecule has 0 fully saturated rings. The third kappa shape index (κ3) is 3.53. The van der Waals surface area contributed by atoms with E-state index in [1.54, 1.807) is 37.1 Å². The lowest BCUT2D eigenvalue weighted by Crippen LogP contribution is -2.19. The number of aryl methyl sites for hydroxylation is 1. The number of rotatable bonds is 4. The maximum atomic E-state index is 12.8. The highest BCUT2D eigenvalue weighted by molar-refractivity contribution is 14.2. The molecule has 0 aliphatic rings. The van der Waals surface area contributed by atoms with Crippen molar-refractivity contribution >= 4 is 47.2 Å². The molecule has 0 bridgehead atoms. The van der Waals surface area contributed by atoms with Crippen LogP contribution in [0.4, 0.5) is 0 Å². The molecule has 0 amide bonds. The van der Waals surface area contributed by atoms with Gasteiger partial charge in [-0.3, -0.25) is 8.77 Å². The number of benzene rings is 1. The van der Waals surface area contributed by atoms with Gasteiger partial charge in [0.25, 0.3) is 5.56 Å². The zero-order valence-corrected chi connectivity index (χ0v) is 18.3. The van der Waals surface area contributed by atoms with E-state index in [0.29, 0.717) is 16.6 Å². The van der Waals surface area contributed by atoms with Gasteiger partial charge in [0.05, 0.1) is 12.7 Å². The summed E-state index contributed by atoms with van der Waals surface area (Å²) in [5, 5.41) is 11.0. The van der Waals surface area contributed by atoms with E-state index >= 15 is 0 Å². The van der Waals surface area contributed by atoms with E-state index in [4.69, 9.17) is 4.74 Å². The molecule has 3 rings (SSSR count). The van der Waals surface area contributed by atoms with Crippen LogP contribution >= 0.6 is 30.3 Å². The average molecular weight is 498 g/mol. The number of ether oxygens (including phenoxy) is 1. The van der Waals surface area contributed by atoms with Crippen LogP contribution in [0.1, 0.15) is 29.9 Å². The highest BCUT2D eigenvalue weighted by Gasteiger charge is 2.23. The minimum Gasteiger partial charge on any atom is -0.464 e.